The van der Waals surface area contributed by atoms with Crippen LogP contribution in [0.3, 0.4) is 0 Å². The van der Waals surface area contributed by atoms with Crippen molar-refractivity contribution in [3.8, 4) is 0 Å². The zero-order valence-electron chi connectivity index (χ0n) is 18.9. The van der Waals surface area contributed by atoms with Crippen LogP contribution in [0.2, 0.25) is 0 Å². The summed E-state index contributed by atoms with van der Waals surface area (Å²) in [6.45, 7) is 6.50. The van der Waals surface area contributed by atoms with Crippen molar-refractivity contribution in [3.63, 3.8) is 0 Å². The van der Waals surface area contributed by atoms with Gasteiger partial charge in [0.1, 0.15) is 17.3 Å². The first-order valence-corrected chi connectivity index (χ1v) is 11.8. The fourth-order valence-electron chi connectivity index (χ4n) is 8.04. The van der Waals surface area contributed by atoms with Crippen LogP contribution < -0.4 is 0 Å². The van der Waals surface area contributed by atoms with Crippen molar-refractivity contribution < 1.29 is 23.9 Å². The van der Waals surface area contributed by atoms with E-state index in [1.54, 1.807) is 0 Å². The molecule has 0 aliphatic heterocycles. The van der Waals surface area contributed by atoms with Crippen LogP contribution in [0, 0.1) is 46.3 Å². The summed E-state index contributed by atoms with van der Waals surface area (Å²) in [5.41, 5.74) is -0.544. The van der Waals surface area contributed by atoms with Gasteiger partial charge in [-0.1, -0.05) is 20.8 Å². The summed E-state index contributed by atoms with van der Waals surface area (Å²) in [7, 11) is 1.41. The molecule has 166 valence electrons. The fourth-order valence-corrected chi connectivity index (χ4v) is 8.04. The predicted molar refractivity (Wildman–Crippen MR) is 111 cm³/mol. The Labute approximate surface area is 179 Å². The minimum absolute atomic E-state index is 0.0417. The van der Waals surface area contributed by atoms with Crippen LogP contribution in [0.25, 0.3) is 0 Å². The van der Waals surface area contributed by atoms with Gasteiger partial charge >= 0.3 is 5.97 Å². The van der Waals surface area contributed by atoms with Crippen molar-refractivity contribution >= 4 is 23.3 Å². The molecule has 0 aromatic rings. The molecule has 5 nitrogen and oxygen atoms in total. The highest BCUT2D eigenvalue weighted by Gasteiger charge is 2.66. The molecule has 0 spiro atoms. The number of hydrogen-bond acceptors (Lipinski definition) is 5. The third-order valence-electron chi connectivity index (χ3n) is 9.94. The number of fused-ring (bicyclic) bond motifs is 5. The minimum atomic E-state index is -0.472. The maximum Gasteiger partial charge on any atom is 0.305 e. The molecule has 0 heterocycles. The maximum absolute atomic E-state index is 13.7. The Hall–Kier alpha value is -1.52. The predicted octanol–water partition coefficient (Wildman–Crippen LogP) is 4.16. The molecule has 0 bridgehead atoms. The summed E-state index contributed by atoms with van der Waals surface area (Å²) < 4.78 is 4.80. The number of ether oxygens (including phenoxy) is 1. The zero-order valence-corrected chi connectivity index (χ0v) is 18.9. The third-order valence-corrected chi connectivity index (χ3v) is 9.94. The first-order valence-electron chi connectivity index (χ1n) is 11.8. The molecule has 0 unspecified atom stereocenters. The van der Waals surface area contributed by atoms with Gasteiger partial charge in [0.25, 0.3) is 0 Å². The van der Waals surface area contributed by atoms with E-state index in [1.165, 1.54) is 7.11 Å². The van der Waals surface area contributed by atoms with E-state index in [-0.39, 0.29) is 52.7 Å². The second-order valence-corrected chi connectivity index (χ2v) is 11.0. The monoisotopic (exact) mass is 416 g/mol. The molecule has 4 rings (SSSR count). The number of hydrogen-bond donors (Lipinski definition) is 0. The van der Waals surface area contributed by atoms with Crippen molar-refractivity contribution in [1.29, 1.82) is 0 Å². The molecule has 0 N–H and O–H groups in total. The van der Waals surface area contributed by atoms with E-state index in [1.807, 2.05) is 0 Å². The second kappa shape index (κ2) is 7.56. The summed E-state index contributed by atoms with van der Waals surface area (Å²) in [4.78, 5) is 50.7. The van der Waals surface area contributed by atoms with Gasteiger partial charge in [0.05, 0.1) is 7.11 Å². The lowest BCUT2D eigenvalue weighted by atomic mass is 9.44. The van der Waals surface area contributed by atoms with Crippen molar-refractivity contribution in [2.45, 2.75) is 78.6 Å². The number of methoxy groups -OCH3 is 1. The fraction of sp³-hybridized carbons (Fsp3) is 0.840. The highest BCUT2D eigenvalue weighted by Crippen LogP contribution is 2.66. The van der Waals surface area contributed by atoms with Gasteiger partial charge in [-0.2, -0.15) is 0 Å². The Morgan fingerprint density at radius 3 is 2.53 bits per heavy atom. The maximum atomic E-state index is 13.7. The first kappa shape index (κ1) is 21.7. The van der Waals surface area contributed by atoms with Crippen LogP contribution in [0.5, 0.6) is 0 Å². The van der Waals surface area contributed by atoms with Crippen LogP contribution in [0.1, 0.15) is 78.6 Å². The van der Waals surface area contributed by atoms with Gasteiger partial charge in [0.15, 0.2) is 0 Å². The number of ketones is 3. The molecular formula is C25H36O5. The Bertz CT molecular complexity index is 772. The number of esters is 1. The summed E-state index contributed by atoms with van der Waals surface area (Å²) in [6, 6.07) is 0. The van der Waals surface area contributed by atoms with Crippen molar-refractivity contribution in [2.24, 2.45) is 46.3 Å². The van der Waals surface area contributed by atoms with Crippen LogP contribution in [0.15, 0.2) is 0 Å². The molecule has 5 heteroatoms. The van der Waals surface area contributed by atoms with Crippen molar-refractivity contribution in [1.82, 2.24) is 0 Å². The third kappa shape index (κ3) is 3.10. The molecule has 0 radical (unpaired) electrons. The van der Waals surface area contributed by atoms with Crippen molar-refractivity contribution in [2.75, 3.05) is 7.11 Å². The summed E-state index contributed by atoms with van der Waals surface area (Å²) >= 11 is 0. The van der Waals surface area contributed by atoms with E-state index in [2.05, 4.69) is 20.8 Å². The number of carbonyl (C=O) groups excluding carboxylic acids is 4. The van der Waals surface area contributed by atoms with E-state index in [9.17, 15) is 19.2 Å². The quantitative estimate of drug-likeness (QED) is 0.643. The van der Waals surface area contributed by atoms with Gasteiger partial charge in [0, 0.05) is 43.4 Å². The Morgan fingerprint density at radius 2 is 1.83 bits per heavy atom. The lowest BCUT2D eigenvalue weighted by molar-refractivity contribution is -0.166. The molecule has 0 aromatic heterocycles. The molecule has 0 amide bonds. The minimum Gasteiger partial charge on any atom is -0.469 e. The van der Waals surface area contributed by atoms with E-state index >= 15 is 0 Å². The van der Waals surface area contributed by atoms with Crippen LogP contribution in [-0.2, 0) is 23.9 Å². The molecule has 4 saturated carbocycles. The van der Waals surface area contributed by atoms with Crippen LogP contribution in [0.4, 0.5) is 0 Å². The molecule has 4 aliphatic carbocycles. The average molecular weight is 417 g/mol. The van der Waals surface area contributed by atoms with Gasteiger partial charge in [-0.05, 0) is 60.7 Å². The molecular weight excluding hydrogens is 380 g/mol. The average Bonchev–Trinajstić information content (AvgIpc) is 3.06. The number of rotatable bonds is 4. The van der Waals surface area contributed by atoms with Crippen LogP contribution in [-0.4, -0.2) is 30.4 Å². The van der Waals surface area contributed by atoms with Gasteiger partial charge < -0.3 is 4.74 Å². The molecule has 30 heavy (non-hydrogen) atoms. The first-order chi connectivity index (χ1) is 14.1. The Kier molecular flexibility index (Phi) is 5.47. The smallest absolute Gasteiger partial charge is 0.305 e. The summed E-state index contributed by atoms with van der Waals surface area (Å²) in [5, 5.41) is 0. The largest absolute Gasteiger partial charge is 0.469 e. The standard InChI is InChI=1S/C25H36O5/c1-14(5-8-22(29)30-4)17-6-7-18-23-19(13-21(28)25(17,18)3)24(2)10-9-16(26)11-15(24)12-20(23)27/h14-15,17-19,23H,5-13H2,1-4H3/t14-,15+,17-,18+,19+,23+,24-,25+/m0/s1. The number of Topliss-reactive ketones (excluding diaryl/α,β-unsaturated/α-hetero) is 3. The Balaban J connectivity index is 1.60. The lowest BCUT2D eigenvalue weighted by Crippen LogP contribution is -2.60. The van der Waals surface area contributed by atoms with E-state index < -0.39 is 5.41 Å². The van der Waals surface area contributed by atoms with E-state index in [0.29, 0.717) is 43.7 Å². The van der Waals surface area contributed by atoms with Crippen molar-refractivity contribution in [3.05, 3.63) is 0 Å². The van der Waals surface area contributed by atoms with Gasteiger partial charge in [-0.3, -0.25) is 19.2 Å². The summed E-state index contributed by atoms with van der Waals surface area (Å²) in [5.74, 6) is 1.41. The topological polar surface area (TPSA) is 77.5 Å². The SMILES string of the molecule is COC(=O)CC[C@H](C)[C@@H]1CC[C@@H]2[C@H]3C(=O)C[C@H]4CC(=O)CC[C@]4(C)[C@@H]3CC(=O)[C@@]21C. The summed E-state index contributed by atoms with van der Waals surface area (Å²) in [6.07, 6.45) is 5.87. The molecule has 0 saturated heterocycles. The lowest BCUT2D eigenvalue weighted by Gasteiger charge is -2.58. The molecule has 4 aliphatic rings. The van der Waals surface area contributed by atoms with E-state index in [4.69, 9.17) is 4.74 Å². The molecule has 4 fully saturated rings. The molecule has 8 atom stereocenters. The van der Waals surface area contributed by atoms with Gasteiger partial charge in [0.2, 0.25) is 0 Å². The number of carbonyl (C=O) groups is 4. The second-order valence-electron chi connectivity index (χ2n) is 11.0. The van der Waals surface area contributed by atoms with Gasteiger partial charge in [-0.15, -0.1) is 0 Å². The van der Waals surface area contributed by atoms with Crippen LogP contribution >= 0.6 is 0 Å². The highest BCUT2D eigenvalue weighted by atomic mass is 16.5. The Morgan fingerprint density at radius 1 is 1.10 bits per heavy atom. The molecule has 0 aromatic carbocycles. The van der Waals surface area contributed by atoms with Gasteiger partial charge in [-0.25, -0.2) is 0 Å². The normalized spacial score (nSPS) is 44.1. The zero-order chi connectivity index (χ0) is 21.8. The highest BCUT2D eigenvalue weighted by molar-refractivity contribution is 5.93. The van der Waals surface area contributed by atoms with E-state index in [0.717, 1.165) is 25.7 Å².